The average Bonchev–Trinajstić information content (AvgIpc) is 2.62. The van der Waals surface area contributed by atoms with Gasteiger partial charge in [0, 0.05) is 37.6 Å². The van der Waals surface area contributed by atoms with Crippen LogP contribution in [0.2, 0.25) is 0 Å². The van der Waals surface area contributed by atoms with E-state index in [1.165, 1.54) is 6.20 Å². The summed E-state index contributed by atoms with van der Waals surface area (Å²) in [6.07, 6.45) is 2.48. The number of nitrogens with zero attached hydrogens (tertiary/aromatic N) is 3. The van der Waals surface area contributed by atoms with Crippen LogP contribution in [0.4, 0.5) is 10.5 Å². The van der Waals surface area contributed by atoms with Crippen molar-refractivity contribution in [2.45, 2.75) is 20.3 Å². The van der Waals surface area contributed by atoms with Crippen molar-refractivity contribution in [3.05, 3.63) is 48.2 Å². The third-order valence-corrected chi connectivity index (χ3v) is 3.80. The van der Waals surface area contributed by atoms with Crippen molar-refractivity contribution >= 4 is 11.7 Å². The monoisotopic (exact) mass is 338 g/mol. The molecule has 1 unspecified atom stereocenters. The third kappa shape index (κ3) is 5.50. The number of hydrogen-bond donors (Lipinski definition) is 1. The number of carbonyl (C=O) groups is 1. The molecule has 130 valence electrons. The number of hydrogen-bond acceptors (Lipinski definition) is 4. The minimum atomic E-state index is -0.158. The fourth-order valence-electron chi connectivity index (χ4n) is 2.16. The molecule has 2 rings (SSSR count). The molecule has 0 aliphatic rings. The number of urea groups is 1. The second-order valence-corrected chi connectivity index (χ2v) is 5.95. The van der Waals surface area contributed by atoms with Crippen molar-refractivity contribution in [3.8, 4) is 17.7 Å². The van der Waals surface area contributed by atoms with Crippen LogP contribution >= 0.6 is 0 Å². The highest BCUT2D eigenvalue weighted by Crippen LogP contribution is 2.23. The molecule has 1 aromatic carbocycles. The first kappa shape index (κ1) is 18.3. The Morgan fingerprint density at radius 1 is 1.40 bits per heavy atom. The number of nitriles is 1. The minimum Gasteiger partial charge on any atom is -0.439 e. The van der Waals surface area contributed by atoms with Gasteiger partial charge in [-0.05, 0) is 24.1 Å². The molecule has 6 nitrogen and oxygen atoms in total. The second-order valence-electron chi connectivity index (χ2n) is 5.95. The highest BCUT2D eigenvalue weighted by Gasteiger charge is 2.12. The summed E-state index contributed by atoms with van der Waals surface area (Å²) < 4.78 is 5.66. The summed E-state index contributed by atoms with van der Waals surface area (Å²) in [5, 5.41) is 11.6. The molecule has 0 spiro atoms. The van der Waals surface area contributed by atoms with Crippen LogP contribution in [-0.2, 0) is 0 Å². The number of benzene rings is 1. The van der Waals surface area contributed by atoms with Gasteiger partial charge < -0.3 is 15.0 Å². The molecule has 6 heteroatoms. The van der Waals surface area contributed by atoms with Crippen LogP contribution in [0, 0.1) is 17.2 Å². The maximum atomic E-state index is 12.2. The zero-order chi connectivity index (χ0) is 18.2. The smallest absolute Gasteiger partial charge is 0.321 e. The number of ether oxygens (including phenoxy) is 1. The molecule has 0 saturated heterocycles. The van der Waals surface area contributed by atoms with Crippen LogP contribution < -0.4 is 10.1 Å². The van der Waals surface area contributed by atoms with Crippen molar-refractivity contribution < 1.29 is 9.53 Å². The molecule has 0 fully saturated rings. The van der Waals surface area contributed by atoms with Crippen LogP contribution in [0.1, 0.15) is 25.8 Å². The van der Waals surface area contributed by atoms with Gasteiger partial charge in [0.15, 0.2) is 0 Å². The SMILES string of the molecule is CCC(C)CN(C)C(=O)Nc1cccc(Oc2ccc(C#N)cn2)c1. The first-order chi connectivity index (χ1) is 12.0. The van der Waals surface area contributed by atoms with E-state index in [4.69, 9.17) is 10.00 Å². The van der Waals surface area contributed by atoms with Gasteiger partial charge in [0.05, 0.1) is 5.56 Å². The highest BCUT2D eigenvalue weighted by molar-refractivity contribution is 5.89. The maximum Gasteiger partial charge on any atom is 0.321 e. The van der Waals surface area contributed by atoms with Gasteiger partial charge in [0.2, 0.25) is 5.88 Å². The fraction of sp³-hybridized carbons (Fsp3) is 0.316. The van der Waals surface area contributed by atoms with Gasteiger partial charge in [0.25, 0.3) is 0 Å². The number of pyridine rings is 1. The van der Waals surface area contributed by atoms with E-state index in [-0.39, 0.29) is 6.03 Å². The van der Waals surface area contributed by atoms with E-state index in [9.17, 15) is 4.79 Å². The summed E-state index contributed by atoms with van der Waals surface area (Å²) in [6, 6.07) is 12.2. The zero-order valence-electron chi connectivity index (χ0n) is 14.7. The van der Waals surface area contributed by atoms with Gasteiger partial charge in [-0.25, -0.2) is 9.78 Å². The summed E-state index contributed by atoms with van der Waals surface area (Å²) in [6.45, 7) is 4.92. The van der Waals surface area contributed by atoms with Gasteiger partial charge in [-0.3, -0.25) is 0 Å². The van der Waals surface area contributed by atoms with Gasteiger partial charge in [-0.1, -0.05) is 26.3 Å². The summed E-state index contributed by atoms with van der Waals surface area (Å²) in [7, 11) is 1.78. The topological polar surface area (TPSA) is 78.3 Å². The lowest BCUT2D eigenvalue weighted by Gasteiger charge is -2.21. The number of amides is 2. The third-order valence-electron chi connectivity index (χ3n) is 3.80. The first-order valence-electron chi connectivity index (χ1n) is 8.18. The van der Waals surface area contributed by atoms with Gasteiger partial charge in [-0.2, -0.15) is 5.26 Å². The molecule has 2 aromatic rings. The summed E-state index contributed by atoms with van der Waals surface area (Å²) in [5.41, 5.74) is 1.12. The molecule has 0 radical (unpaired) electrons. The van der Waals surface area contributed by atoms with E-state index < -0.39 is 0 Å². The van der Waals surface area contributed by atoms with Crippen LogP contribution in [0.15, 0.2) is 42.6 Å². The summed E-state index contributed by atoms with van der Waals surface area (Å²) >= 11 is 0. The van der Waals surface area contributed by atoms with Crippen molar-refractivity contribution in [2.75, 3.05) is 18.9 Å². The van der Waals surface area contributed by atoms with Gasteiger partial charge in [0.1, 0.15) is 11.8 Å². The number of carbonyl (C=O) groups excluding carboxylic acids is 1. The Bertz CT molecular complexity index is 753. The summed E-state index contributed by atoms with van der Waals surface area (Å²) in [5.74, 6) is 1.39. The van der Waals surface area contributed by atoms with Gasteiger partial charge >= 0.3 is 6.03 Å². The Balaban J connectivity index is 2.00. The van der Waals surface area contributed by atoms with Crippen LogP contribution in [-0.4, -0.2) is 29.5 Å². The predicted octanol–water partition coefficient (Wildman–Crippen LogP) is 4.26. The van der Waals surface area contributed by atoms with Crippen molar-refractivity contribution in [1.82, 2.24) is 9.88 Å². The molecule has 25 heavy (non-hydrogen) atoms. The molecule has 2 amide bonds. The lowest BCUT2D eigenvalue weighted by molar-refractivity contribution is 0.215. The molecule has 0 saturated carbocycles. The summed E-state index contributed by atoms with van der Waals surface area (Å²) in [4.78, 5) is 18.0. The Labute approximate surface area is 148 Å². The van der Waals surface area contributed by atoms with Crippen molar-refractivity contribution in [3.63, 3.8) is 0 Å². The van der Waals surface area contributed by atoms with Gasteiger partial charge in [-0.15, -0.1) is 0 Å². The van der Waals surface area contributed by atoms with E-state index in [0.29, 0.717) is 35.3 Å². The Kier molecular flexibility index (Phi) is 6.35. The minimum absolute atomic E-state index is 0.158. The standard InChI is InChI=1S/C19H22N4O2/c1-4-14(2)13-23(3)19(24)22-16-6-5-7-17(10-16)25-18-9-8-15(11-20)12-21-18/h5-10,12,14H,4,13H2,1-3H3,(H,22,24). The number of nitrogens with one attached hydrogen (secondary N) is 1. The molecule has 0 aliphatic heterocycles. The molecule has 1 N–H and O–H groups in total. The number of anilines is 1. The average molecular weight is 338 g/mol. The Hall–Kier alpha value is -3.07. The molecule has 1 atom stereocenters. The lowest BCUT2D eigenvalue weighted by atomic mass is 10.1. The molecule has 0 aliphatic carbocycles. The highest BCUT2D eigenvalue weighted by atomic mass is 16.5. The normalized spacial score (nSPS) is 11.3. The molecular weight excluding hydrogens is 316 g/mol. The van der Waals surface area contributed by atoms with Crippen molar-refractivity contribution in [1.29, 1.82) is 5.26 Å². The van der Waals surface area contributed by atoms with E-state index in [0.717, 1.165) is 6.42 Å². The van der Waals surface area contributed by atoms with Crippen LogP contribution in [0.25, 0.3) is 0 Å². The van der Waals surface area contributed by atoms with E-state index >= 15 is 0 Å². The van der Waals surface area contributed by atoms with Crippen LogP contribution in [0.3, 0.4) is 0 Å². The van der Waals surface area contributed by atoms with E-state index in [2.05, 4.69) is 24.1 Å². The maximum absolute atomic E-state index is 12.2. The quantitative estimate of drug-likeness (QED) is 0.854. The fourth-order valence-corrected chi connectivity index (χ4v) is 2.16. The second kappa shape index (κ2) is 8.69. The Morgan fingerprint density at radius 2 is 2.20 bits per heavy atom. The Morgan fingerprint density at radius 3 is 2.84 bits per heavy atom. The van der Waals surface area contributed by atoms with Crippen LogP contribution in [0.5, 0.6) is 11.6 Å². The molecular formula is C19H22N4O2. The van der Waals surface area contributed by atoms with E-state index in [1.807, 2.05) is 6.07 Å². The van der Waals surface area contributed by atoms with E-state index in [1.54, 1.807) is 48.3 Å². The first-order valence-corrected chi connectivity index (χ1v) is 8.18. The largest absolute Gasteiger partial charge is 0.439 e. The van der Waals surface area contributed by atoms with Crippen molar-refractivity contribution in [2.24, 2.45) is 5.92 Å². The molecule has 1 heterocycles. The lowest BCUT2D eigenvalue weighted by Crippen LogP contribution is -2.34. The molecule has 1 aromatic heterocycles. The number of rotatable bonds is 6. The molecule has 0 bridgehead atoms. The zero-order valence-corrected chi connectivity index (χ0v) is 14.7. The number of aromatic nitrogens is 1. The predicted molar refractivity (Wildman–Crippen MR) is 96.6 cm³/mol.